The lowest BCUT2D eigenvalue weighted by Crippen LogP contribution is -2.49. The minimum atomic E-state index is -0.203. The third-order valence-electron chi connectivity index (χ3n) is 3.72. The van der Waals surface area contributed by atoms with Crippen molar-refractivity contribution < 1.29 is 9.53 Å². The molecular formula is C15H22N2O2. The van der Waals surface area contributed by atoms with Crippen LogP contribution in [0.1, 0.15) is 25.3 Å². The van der Waals surface area contributed by atoms with Gasteiger partial charge in [0, 0.05) is 18.6 Å². The summed E-state index contributed by atoms with van der Waals surface area (Å²) in [4.78, 5) is 13.9. The highest BCUT2D eigenvalue weighted by atomic mass is 16.6. The number of likely N-dealkylation sites (tertiary alicyclic amines) is 1. The molecule has 1 amide bonds. The van der Waals surface area contributed by atoms with Crippen LogP contribution < -0.4 is 5.32 Å². The maximum Gasteiger partial charge on any atom is 0.410 e. The van der Waals surface area contributed by atoms with Gasteiger partial charge < -0.3 is 15.0 Å². The Bertz CT molecular complexity index is 408. The summed E-state index contributed by atoms with van der Waals surface area (Å²) in [6.45, 7) is 3.19. The first-order valence-electron chi connectivity index (χ1n) is 6.85. The highest BCUT2D eigenvalue weighted by Gasteiger charge is 2.28. The van der Waals surface area contributed by atoms with Crippen LogP contribution in [-0.2, 0) is 11.3 Å². The van der Waals surface area contributed by atoms with Crippen molar-refractivity contribution in [3.05, 3.63) is 35.9 Å². The number of hydrogen-bond donors (Lipinski definition) is 1. The summed E-state index contributed by atoms with van der Waals surface area (Å²) in [6.07, 6.45) is 1.77. The molecule has 0 bridgehead atoms. The van der Waals surface area contributed by atoms with Crippen LogP contribution in [0.5, 0.6) is 0 Å². The molecule has 0 saturated carbocycles. The van der Waals surface area contributed by atoms with Gasteiger partial charge in [-0.15, -0.1) is 0 Å². The molecule has 19 heavy (non-hydrogen) atoms. The number of benzene rings is 1. The second-order valence-corrected chi connectivity index (χ2v) is 5.09. The number of carbonyl (C=O) groups excluding carboxylic acids is 1. The molecule has 104 valence electrons. The van der Waals surface area contributed by atoms with E-state index in [4.69, 9.17) is 4.74 Å². The van der Waals surface area contributed by atoms with Gasteiger partial charge in [0.15, 0.2) is 0 Å². The van der Waals surface area contributed by atoms with Gasteiger partial charge in [0.25, 0.3) is 0 Å². The van der Waals surface area contributed by atoms with Gasteiger partial charge in [-0.2, -0.15) is 0 Å². The molecule has 1 aromatic rings. The van der Waals surface area contributed by atoms with E-state index >= 15 is 0 Å². The largest absolute Gasteiger partial charge is 0.445 e. The zero-order valence-electron chi connectivity index (χ0n) is 11.6. The van der Waals surface area contributed by atoms with Crippen LogP contribution in [0.2, 0.25) is 0 Å². The van der Waals surface area contributed by atoms with Crippen molar-refractivity contribution in [1.29, 1.82) is 0 Å². The van der Waals surface area contributed by atoms with Crippen molar-refractivity contribution in [2.75, 3.05) is 13.6 Å². The van der Waals surface area contributed by atoms with Gasteiger partial charge in [0.05, 0.1) is 0 Å². The second kappa shape index (κ2) is 6.57. The van der Waals surface area contributed by atoms with Gasteiger partial charge in [0.1, 0.15) is 6.61 Å². The molecule has 2 rings (SSSR count). The highest BCUT2D eigenvalue weighted by Crippen LogP contribution is 2.18. The third-order valence-corrected chi connectivity index (χ3v) is 3.72. The Kier molecular flexibility index (Phi) is 4.80. The van der Waals surface area contributed by atoms with Crippen LogP contribution in [0.4, 0.5) is 4.79 Å². The number of ether oxygens (including phenoxy) is 1. The summed E-state index contributed by atoms with van der Waals surface area (Å²) in [5, 5.41) is 3.27. The predicted molar refractivity (Wildman–Crippen MR) is 74.9 cm³/mol. The lowest BCUT2D eigenvalue weighted by Gasteiger charge is -2.36. The molecule has 4 heteroatoms. The van der Waals surface area contributed by atoms with Crippen molar-refractivity contribution in [1.82, 2.24) is 10.2 Å². The Morgan fingerprint density at radius 1 is 1.42 bits per heavy atom. The van der Waals surface area contributed by atoms with E-state index in [-0.39, 0.29) is 12.1 Å². The second-order valence-electron chi connectivity index (χ2n) is 5.09. The molecule has 1 aromatic carbocycles. The molecule has 1 N–H and O–H groups in total. The summed E-state index contributed by atoms with van der Waals surface area (Å²) in [6, 6.07) is 10.5. The Morgan fingerprint density at radius 2 is 2.16 bits per heavy atom. The molecule has 1 aliphatic rings. The molecule has 4 nitrogen and oxygen atoms in total. The van der Waals surface area contributed by atoms with Gasteiger partial charge in [-0.05, 0) is 32.4 Å². The first-order chi connectivity index (χ1) is 9.20. The number of hydrogen-bond acceptors (Lipinski definition) is 3. The first-order valence-corrected chi connectivity index (χ1v) is 6.85. The molecule has 1 aliphatic heterocycles. The summed E-state index contributed by atoms with van der Waals surface area (Å²) in [7, 11) is 1.97. The van der Waals surface area contributed by atoms with Crippen molar-refractivity contribution in [2.45, 2.75) is 38.5 Å². The fourth-order valence-electron chi connectivity index (χ4n) is 2.51. The number of nitrogens with zero attached hydrogens (tertiary/aromatic N) is 1. The Morgan fingerprint density at radius 3 is 2.79 bits per heavy atom. The van der Waals surface area contributed by atoms with E-state index < -0.39 is 0 Å². The predicted octanol–water partition coefficient (Wildman–Crippen LogP) is 2.40. The lowest BCUT2D eigenvalue weighted by molar-refractivity contribution is 0.0668. The minimum absolute atomic E-state index is 0.203. The van der Waals surface area contributed by atoms with Crippen LogP contribution >= 0.6 is 0 Å². The average Bonchev–Trinajstić information content (AvgIpc) is 2.45. The van der Waals surface area contributed by atoms with Crippen molar-refractivity contribution in [2.24, 2.45) is 0 Å². The molecule has 0 aliphatic carbocycles. The SMILES string of the molecule is CNC1CCN(C(=O)OCc2ccccc2)C(C)C1. The van der Waals surface area contributed by atoms with Crippen LogP contribution in [0.3, 0.4) is 0 Å². The summed E-state index contributed by atoms with van der Waals surface area (Å²) >= 11 is 0. The molecule has 0 aromatic heterocycles. The van der Waals surface area contributed by atoms with Gasteiger partial charge in [-0.3, -0.25) is 0 Å². The normalized spacial score (nSPS) is 23.2. The number of rotatable bonds is 3. The number of carbonyl (C=O) groups is 1. The maximum atomic E-state index is 12.1. The fourth-order valence-corrected chi connectivity index (χ4v) is 2.51. The van der Waals surface area contributed by atoms with E-state index in [1.807, 2.05) is 42.3 Å². The summed E-state index contributed by atoms with van der Waals surface area (Å²) in [5.74, 6) is 0. The van der Waals surface area contributed by atoms with E-state index in [2.05, 4.69) is 12.2 Å². The standard InChI is InChI=1S/C15H22N2O2/c1-12-10-14(16-2)8-9-17(12)15(18)19-11-13-6-4-3-5-7-13/h3-7,12,14,16H,8-11H2,1-2H3. The Balaban J connectivity index is 1.83. The quantitative estimate of drug-likeness (QED) is 0.909. The van der Waals surface area contributed by atoms with E-state index in [9.17, 15) is 4.79 Å². The number of nitrogens with one attached hydrogen (secondary N) is 1. The van der Waals surface area contributed by atoms with Crippen molar-refractivity contribution in [3.8, 4) is 0 Å². The third kappa shape index (κ3) is 3.70. The van der Waals surface area contributed by atoms with Crippen LogP contribution in [0.25, 0.3) is 0 Å². The topological polar surface area (TPSA) is 41.6 Å². The van der Waals surface area contributed by atoms with E-state index in [1.54, 1.807) is 0 Å². The van der Waals surface area contributed by atoms with Crippen LogP contribution in [0, 0.1) is 0 Å². The van der Waals surface area contributed by atoms with Gasteiger partial charge >= 0.3 is 6.09 Å². The Hall–Kier alpha value is -1.55. The fraction of sp³-hybridized carbons (Fsp3) is 0.533. The Labute approximate surface area is 114 Å². The molecule has 1 saturated heterocycles. The van der Waals surface area contributed by atoms with Crippen LogP contribution in [0.15, 0.2) is 30.3 Å². The monoisotopic (exact) mass is 262 g/mol. The van der Waals surface area contributed by atoms with E-state index in [1.165, 1.54) is 0 Å². The van der Waals surface area contributed by atoms with Gasteiger partial charge in [-0.25, -0.2) is 4.79 Å². The zero-order chi connectivity index (χ0) is 13.7. The lowest BCUT2D eigenvalue weighted by atomic mass is 9.99. The van der Waals surface area contributed by atoms with Crippen molar-refractivity contribution in [3.63, 3.8) is 0 Å². The van der Waals surface area contributed by atoms with E-state index in [0.717, 1.165) is 24.9 Å². The smallest absolute Gasteiger partial charge is 0.410 e. The van der Waals surface area contributed by atoms with Gasteiger partial charge in [-0.1, -0.05) is 30.3 Å². The average molecular weight is 262 g/mol. The molecule has 2 atom stereocenters. The maximum absolute atomic E-state index is 12.1. The number of piperidine rings is 1. The minimum Gasteiger partial charge on any atom is -0.445 e. The zero-order valence-corrected chi connectivity index (χ0v) is 11.6. The van der Waals surface area contributed by atoms with Crippen molar-refractivity contribution >= 4 is 6.09 Å². The van der Waals surface area contributed by atoms with Crippen LogP contribution in [-0.4, -0.2) is 36.7 Å². The number of amides is 1. The summed E-state index contributed by atoms with van der Waals surface area (Å²) in [5.41, 5.74) is 1.02. The molecular weight excluding hydrogens is 240 g/mol. The van der Waals surface area contributed by atoms with Gasteiger partial charge in [0.2, 0.25) is 0 Å². The van der Waals surface area contributed by atoms with E-state index in [0.29, 0.717) is 12.6 Å². The molecule has 1 fully saturated rings. The molecule has 1 heterocycles. The molecule has 0 radical (unpaired) electrons. The highest BCUT2D eigenvalue weighted by molar-refractivity contribution is 5.68. The molecule has 0 spiro atoms. The molecule has 2 unspecified atom stereocenters. The summed E-state index contributed by atoms with van der Waals surface area (Å²) < 4.78 is 5.37. The first kappa shape index (κ1) is 13.9.